The van der Waals surface area contributed by atoms with Gasteiger partial charge in [0.2, 0.25) is 11.4 Å². The van der Waals surface area contributed by atoms with Gasteiger partial charge in [-0.15, -0.1) is 0 Å². The number of pyridine rings is 2. The van der Waals surface area contributed by atoms with Crippen molar-refractivity contribution in [2.45, 2.75) is 13.8 Å². The lowest BCUT2D eigenvalue weighted by molar-refractivity contribution is -0.660. The fourth-order valence-corrected chi connectivity index (χ4v) is 5.39. The average Bonchev–Trinajstić information content (AvgIpc) is 3.45. The van der Waals surface area contributed by atoms with Gasteiger partial charge in [-0.1, -0.05) is 18.2 Å². The molecule has 0 N–H and O–H groups in total. The summed E-state index contributed by atoms with van der Waals surface area (Å²) in [6, 6.07) is 26.7. The van der Waals surface area contributed by atoms with Gasteiger partial charge in [0, 0.05) is 44.9 Å². The molecule has 0 bridgehead atoms. The Kier molecular flexibility index (Phi) is 4.49. The third-order valence-corrected chi connectivity index (χ3v) is 7.22. The average molecular weight is 481 g/mol. The van der Waals surface area contributed by atoms with Gasteiger partial charge in [0.1, 0.15) is 23.8 Å². The number of aromatic nitrogens is 2. The molecular formula is C32H22N3O2+. The number of hydrogen-bond donors (Lipinski definition) is 0. The molecule has 5 nitrogen and oxygen atoms in total. The van der Waals surface area contributed by atoms with Crippen LogP contribution in [-0.2, 0) is 7.05 Å². The smallest absolute Gasteiger partial charge is 0.227 e. The van der Waals surface area contributed by atoms with Gasteiger partial charge in [0.05, 0.1) is 17.2 Å². The zero-order valence-electron chi connectivity index (χ0n) is 20.7. The molecule has 0 unspecified atom stereocenters. The predicted molar refractivity (Wildman–Crippen MR) is 145 cm³/mol. The molecule has 176 valence electrons. The number of aryl methyl sites for hydroxylation is 3. The first-order valence-corrected chi connectivity index (χ1v) is 12.2. The number of rotatable bonds is 2. The lowest BCUT2D eigenvalue weighted by Crippen LogP contribution is -2.30. The lowest BCUT2D eigenvalue weighted by atomic mass is 9.95. The van der Waals surface area contributed by atoms with Gasteiger partial charge in [0.25, 0.3) is 0 Å². The van der Waals surface area contributed by atoms with Crippen LogP contribution in [-0.4, -0.2) is 4.98 Å². The van der Waals surface area contributed by atoms with E-state index in [0.29, 0.717) is 16.9 Å². The second-order valence-electron chi connectivity index (χ2n) is 9.53. The molecule has 7 rings (SSSR count). The van der Waals surface area contributed by atoms with E-state index in [0.717, 1.165) is 66.4 Å². The summed E-state index contributed by atoms with van der Waals surface area (Å²) in [5.74, 6) is 0. The molecule has 0 radical (unpaired) electrons. The quantitative estimate of drug-likeness (QED) is 0.240. The Labute approximate surface area is 212 Å². The Balaban J connectivity index is 1.55. The fraction of sp³-hybridized carbons (Fsp3) is 0.0938. The van der Waals surface area contributed by atoms with Gasteiger partial charge < -0.3 is 8.83 Å². The first kappa shape index (κ1) is 21.3. The van der Waals surface area contributed by atoms with Crippen molar-refractivity contribution >= 4 is 44.0 Å². The lowest BCUT2D eigenvalue weighted by Gasteiger charge is -2.06. The van der Waals surface area contributed by atoms with Crippen molar-refractivity contribution in [3.8, 4) is 28.5 Å². The highest BCUT2D eigenvalue weighted by Gasteiger charge is 2.23. The molecule has 3 aromatic carbocycles. The number of nitrogens with zero attached hydrogens (tertiary/aromatic N) is 3. The molecule has 5 heteroatoms. The van der Waals surface area contributed by atoms with Gasteiger partial charge in [0.15, 0.2) is 6.20 Å². The molecule has 37 heavy (non-hydrogen) atoms. The van der Waals surface area contributed by atoms with Crippen molar-refractivity contribution in [2.75, 3.05) is 0 Å². The molecule has 4 aromatic heterocycles. The van der Waals surface area contributed by atoms with Crippen molar-refractivity contribution < 1.29 is 13.4 Å². The minimum Gasteiger partial charge on any atom is -0.454 e. The predicted octanol–water partition coefficient (Wildman–Crippen LogP) is 7.53. The van der Waals surface area contributed by atoms with E-state index in [1.807, 2.05) is 74.8 Å². The van der Waals surface area contributed by atoms with Crippen LogP contribution in [0.15, 0.2) is 87.8 Å². The highest BCUT2D eigenvalue weighted by atomic mass is 16.3. The molecule has 0 atom stereocenters. The highest BCUT2D eigenvalue weighted by molar-refractivity contribution is 6.14. The number of nitriles is 1. The maximum absolute atomic E-state index is 10.1. The van der Waals surface area contributed by atoms with Crippen LogP contribution in [0.2, 0.25) is 0 Å². The van der Waals surface area contributed by atoms with E-state index in [4.69, 9.17) is 8.83 Å². The minimum absolute atomic E-state index is 0.555. The Bertz CT molecular complexity index is 2090. The van der Waals surface area contributed by atoms with Gasteiger partial charge in [-0.2, -0.15) is 5.26 Å². The van der Waals surface area contributed by atoms with Crippen molar-refractivity contribution in [3.05, 3.63) is 95.8 Å². The summed E-state index contributed by atoms with van der Waals surface area (Å²) in [7, 11) is 2.04. The van der Waals surface area contributed by atoms with Crippen LogP contribution in [0.4, 0.5) is 0 Å². The van der Waals surface area contributed by atoms with Gasteiger partial charge in [-0.05, 0) is 67.4 Å². The normalized spacial score (nSPS) is 11.6. The van der Waals surface area contributed by atoms with Gasteiger partial charge in [-0.3, -0.25) is 0 Å². The molecule has 0 saturated heterocycles. The van der Waals surface area contributed by atoms with E-state index < -0.39 is 0 Å². The monoisotopic (exact) mass is 480 g/mol. The van der Waals surface area contributed by atoms with Crippen LogP contribution >= 0.6 is 0 Å². The van der Waals surface area contributed by atoms with Crippen molar-refractivity contribution in [1.82, 2.24) is 4.98 Å². The number of fused-ring (bicyclic) bond motifs is 6. The van der Waals surface area contributed by atoms with Gasteiger partial charge in [-0.25, -0.2) is 9.55 Å². The third kappa shape index (κ3) is 3.09. The van der Waals surface area contributed by atoms with E-state index in [1.54, 1.807) is 0 Å². The second kappa shape index (κ2) is 7.78. The van der Waals surface area contributed by atoms with Crippen molar-refractivity contribution in [1.29, 1.82) is 5.26 Å². The first-order valence-electron chi connectivity index (χ1n) is 12.2. The first-order chi connectivity index (χ1) is 18.0. The Hall–Kier alpha value is -4.95. The minimum atomic E-state index is 0.555. The number of hydrogen-bond acceptors (Lipinski definition) is 4. The maximum atomic E-state index is 10.1. The second-order valence-corrected chi connectivity index (χ2v) is 9.53. The van der Waals surface area contributed by atoms with Crippen LogP contribution in [0, 0.1) is 25.2 Å². The summed E-state index contributed by atoms with van der Waals surface area (Å²) in [5.41, 5.74) is 9.21. The molecule has 7 aromatic rings. The van der Waals surface area contributed by atoms with E-state index >= 15 is 0 Å². The highest BCUT2D eigenvalue weighted by Crippen LogP contribution is 2.42. The number of benzene rings is 3. The summed E-state index contributed by atoms with van der Waals surface area (Å²) < 4.78 is 14.9. The van der Waals surface area contributed by atoms with Crippen LogP contribution in [0.1, 0.15) is 16.8 Å². The molecule has 0 aliphatic carbocycles. The van der Waals surface area contributed by atoms with Crippen molar-refractivity contribution in [3.63, 3.8) is 0 Å². The number of furan rings is 2. The Morgan fingerprint density at radius 2 is 1.54 bits per heavy atom. The van der Waals surface area contributed by atoms with E-state index in [-0.39, 0.29) is 0 Å². The summed E-state index contributed by atoms with van der Waals surface area (Å²) >= 11 is 0. The molecule has 0 aliphatic heterocycles. The van der Waals surface area contributed by atoms with Crippen molar-refractivity contribution in [2.24, 2.45) is 7.05 Å². The summed E-state index contributed by atoms with van der Waals surface area (Å²) in [4.78, 5) is 4.54. The molecular weight excluding hydrogens is 458 g/mol. The Morgan fingerprint density at radius 1 is 0.784 bits per heavy atom. The molecule has 0 amide bonds. The summed E-state index contributed by atoms with van der Waals surface area (Å²) in [6.07, 6.45) is 2.04. The maximum Gasteiger partial charge on any atom is 0.227 e. The Morgan fingerprint density at radius 3 is 2.35 bits per heavy atom. The standard InChI is InChI=1S/C32H22N3O2/c1-18-7-11-23-24-14-10-21(17-33)29(31(24)37-30(23)28(18)26-6-4-5-15-35(26)3)20-9-13-22-25-12-8-19(2)34-32(25)36-27(22)16-20/h4-16H,1-3H3/q+1. The van der Waals surface area contributed by atoms with E-state index in [2.05, 4.69) is 40.7 Å². The molecule has 0 fully saturated rings. The SMILES string of the molecule is Cc1ccc2c(n1)oc1cc(-c3c(C#N)ccc4c3oc3c(-c5cccc[n+]5C)c(C)ccc34)ccc12. The topological polar surface area (TPSA) is 66.8 Å². The van der Waals surface area contributed by atoms with Crippen LogP contribution < -0.4 is 4.57 Å². The van der Waals surface area contributed by atoms with Crippen LogP contribution in [0.25, 0.3) is 66.4 Å². The summed E-state index contributed by atoms with van der Waals surface area (Å²) in [5, 5.41) is 14.0. The molecule has 0 saturated carbocycles. The summed E-state index contributed by atoms with van der Waals surface area (Å²) in [6.45, 7) is 4.05. The largest absolute Gasteiger partial charge is 0.454 e. The van der Waals surface area contributed by atoms with E-state index in [1.165, 1.54) is 0 Å². The molecule has 0 spiro atoms. The zero-order chi connectivity index (χ0) is 25.3. The zero-order valence-corrected chi connectivity index (χ0v) is 20.7. The van der Waals surface area contributed by atoms with Crippen LogP contribution in [0.3, 0.4) is 0 Å². The van der Waals surface area contributed by atoms with Crippen LogP contribution in [0.5, 0.6) is 0 Å². The molecule has 4 heterocycles. The van der Waals surface area contributed by atoms with Gasteiger partial charge >= 0.3 is 0 Å². The van der Waals surface area contributed by atoms with E-state index in [9.17, 15) is 5.26 Å². The third-order valence-electron chi connectivity index (χ3n) is 7.22. The molecule has 0 aliphatic rings. The fourth-order valence-electron chi connectivity index (χ4n) is 5.39.